The van der Waals surface area contributed by atoms with E-state index in [9.17, 15) is 9.18 Å². The summed E-state index contributed by atoms with van der Waals surface area (Å²) in [6.07, 6.45) is 1.04. The van der Waals surface area contributed by atoms with Crippen LogP contribution in [-0.4, -0.2) is 17.4 Å². The molecule has 0 bridgehead atoms. The molecular formula is C11H10FNO. The van der Waals surface area contributed by atoms with Crippen molar-refractivity contribution in [1.82, 2.24) is 4.90 Å². The molecule has 14 heavy (non-hydrogen) atoms. The zero-order chi connectivity index (χ0) is 9.97. The summed E-state index contributed by atoms with van der Waals surface area (Å²) in [7, 11) is 0. The van der Waals surface area contributed by atoms with Crippen LogP contribution in [0.1, 0.15) is 5.56 Å². The summed E-state index contributed by atoms with van der Waals surface area (Å²) in [4.78, 5) is 12.7. The van der Waals surface area contributed by atoms with Gasteiger partial charge in [0, 0.05) is 12.6 Å². The fourth-order valence-corrected chi connectivity index (χ4v) is 1.47. The first-order valence-electron chi connectivity index (χ1n) is 4.44. The molecule has 1 aromatic rings. The minimum Gasteiger partial charge on any atom is -0.328 e. The highest BCUT2D eigenvalue weighted by atomic mass is 19.1. The third-order valence-electron chi connectivity index (χ3n) is 2.15. The van der Waals surface area contributed by atoms with E-state index >= 15 is 0 Å². The van der Waals surface area contributed by atoms with E-state index in [1.807, 2.05) is 30.3 Å². The van der Waals surface area contributed by atoms with Gasteiger partial charge in [-0.1, -0.05) is 30.3 Å². The SMILES string of the molecule is O=C1C=C(F)CN1Cc1ccccc1. The van der Waals surface area contributed by atoms with Gasteiger partial charge in [-0.25, -0.2) is 4.39 Å². The second kappa shape index (κ2) is 3.62. The van der Waals surface area contributed by atoms with E-state index in [0.29, 0.717) is 6.54 Å². The van der Waals surface area contributed by atoms with Crippen molar-refractivity contribution in [3.05, 3.63) is 47.8 Å². The van der Waals surface area contributed by atoms with E-state index in [4.69, 9.17) is 0 Å². The summed E-state index contributed by atoms with van der Waals surface area (Å²) in [5.41, 5.74) is 1.02. The zero-order valence-corrected chi connectivity index (χ0v) is 7.61. The normalized spacial score (nSPS) is 15.9. The van der Waals surface area contributed by atoms with Gasteiger partial charge in [-0.3, -0.25) is 4.79 Å². The first kappa shape index (κ1) is 8.94. The molecule has 1 aliphatic rings. The predicted octanol–water partition coefficient (Wildman–Crippen LogP) is 1.88. The maximum atomic E-state index is 12.7. The molecule has 2 rings (SSSR count). The number of carbonyl (C=O) groups excluding carboxylic acids is 1. The minimum atomic E-state index is -0.356. The van der Waals surface area contributed by atoms with Crippen molar-refractivity contribution in [2.24, 2.45) is 0 Å². The molecule has 0 N–H and O–H groups in total. The number of hydrogen-bond donors (Lipinski definition) is 0. The average Bonchev–Trinajstić information content (AvgIpc) is 2.47. The topological polar surface area (TPSA) is 20.3 Å². The average molecular weight is 191 g/mol. The quantitative estimate of drug-likeness (QED) is 0.699. The maximum Gasteiger partial charge on any atom is 0.249 e. The highest BCUT2D eigenvalue weighted by Gasteiger charge is 2.20. The van der Waals surface area contributed by atoms with Crippen molar-refractivity contribution in [2.75, 3.05) is 6.54 Å². The van der Waals surface area contributed by atoms with Gasteiger partial charge in [0.2, 0.25) is 5.91 Å². The molecule has 3 heteroatoms. The summed E-state index contributed by atoms with van der Waals surface area (Å²) in [5, 5.41) is 0. The number of carbonyl (C=O) groups is 1. The molecule has 0 fully saturated rings. The molecule has 1 aliphatic heterocycles. The van der Waals surface area contributed by atoms with Crippen molar-refractivity contribution >= 4 is 5.91 Å². The number of halogens is 1. The lowest BCUT2D eigenvalue weighted by atomic mass is 10.2. The van der Waals surface area contributed by atoms with Gasteiger partial charge in [-0.15, -0.1) is 0 Å². The molecule has 2 nitrogen and oxygen atoms in total. The molecule has 0 atom stereocenters. The van der Waals surface area contributed by atoms with Crippen LogP contribution in [0.5, 0.6) is 0 Å². The van der Waals surface area contributed by atoms with E-state index in [2.05, 4.69) is 0 Å². The van der Waals surface area contributed by atoms with E-state index in [1.54, 1.807) is 0 Å². The Labute approximate surface area is 81.6 Å². The van der Waals surface area contributed by atoms with Gasteiger partial charge in [0.05, 0.1) is 6.54 Å². The van der Waals surface area contributed by atoms with Crippen LogP contribution in [0.4, 0.5) is 4.39 Å². The highest BCUT2D eigenvalue weighted by molar-refractivity contribution is 5.90. The van der Waals surface area contributed by atoms with Crippen molar-refractivity contribution in [2.45, 2.75) is 6.54 Å². The Hall–Kier alpha value is -1.64. The van der Waals surface area contributed by atoms with Crippen LogP contribution in [0.3, 0.4) is 0 Å². The third-order valence-corrected chi connectivity index (χ3v) is 2.15. The Morgan fingerprint density at radius 1 is 1.29 bits per heavy atom. The summed E-state index contributed by atoms with van der Waals surface area (Å²) >= 11 is 0. The van der Waals surface area contributed by atoms with Crippen LogP contribution in [0.25, 0.3) is 0 Å². The first-order chi connectivity index (χ1) is 6.75. The summed E-state index contributed by atoms with van der Waals surface area (Å²) in [6.45, 7) is 0.581. The van der Waals surface area contributed by atoms with Crippen molar-refractivity contribution in [1.29, 1.82) is 0 Å². The van der Waals surface area contributed by atoms with Gasteiger partial charge in [0.1, 0.15) is 5.83 Å². The number of rotatable bonds is 2. The van der Waals surface area contributed by atoms with Gasteiger partial charge in [-0.2, -0.15) is 0 Å². The zero-order valence-electron chi connectivity index (χ0n) is 7.61. The fraction of sp³-hybridized carbons (Fsp3) is 0.182. The largest absolute Gasteiger partial charge is 0.328 e. The van der Waals surface area contributed by atoms with Gasteiger partial charge in [-0.05, 0) is 5.56 Å². The second-order valence-corrected chi connectivity index (χ2v) is 3.27. The molecule has 0 spiro atoms. The van der Waals surface area contributed by atoms with E-state index < -0.39 is 0 Å². The van der Waals surface area contributed by atoms with Crippen molar-refractivity contribution in [3.8, 4) is 0 Å². The molecule has 0 aromatic heterocycles. The van der Waals surface area contributed by atoms with Crippen LogP contribution in [0.15, 0.2) is 42.2 Å². The predicted molar refractivity (Wildman–Crippen MR) is 51.1 cm³/mol. The lowest BCUT2D eigenvalue weighted by Crippen LogP contribution is -2.24. The fourth-order valence-electron chi connectivity index (χ4n) is 1.47. The lowest BCUT2D eigenvalue weighted by molar-refractivity contribution is -0.125. The van der Waals surface area contributed by atoms with Gasteiger partial charge >= 0.3 is 0 Å². The monoisotopic (exact) mass is 191 g/mol. The highest BCUT2D eigenvalue weighted by Crippen LogP contribution is 2.14. The van der Waals surface area contributed by atoms with Gasteiger partial charge in [0.15, 0.2) is 0 Å². The number of amides is 1. The van der Waals surface area contributed by atoms with E-state index in [0.717, 1.165) is 11.6 Å². The van der Waals surface area contributed by atoms with Gasteiger partial charge in [0.25, 0.3) is 0 Å². The Kier molecular flexibility index (Phi) is 2.31. The Bertz CT molecular complexity index is 372. The molecule has 0 saturated heterocycles. The standard InChI is InChI=1S/C11H10FNO/c12-10-6-11(14)13(8-10)7-9-4-2-1-3-5-9/h1-6H,7-8H2. The van der Waals surface area contributed by atoms with Crippen LogP contribution < -0.4 is 0 Å². The third kappa shape index (κ3) is 1.82. The first-order valence-corrected chi connectivity index (χ1v) is 4.44. The molecule has 0 aliphatic carbocycles. The Morgan fingerprint density at radius 2 is 2.00 bits per heavy atom. The maximum absolute atomic E-state index is 12.7. The van der Waals surface area contributed by atoms with Crippen molar-refractivity contribution < 1.29 is 9.18 Å². The molecule has 0 radical (unpaired) electrons. The van der Waals surface area contributed by atoms with E-state index in [-0.39, 0.29) is 18.3 Å². The summed E-state index contributed by atoms with van der Waals surface area (Å²) in [5.74, 6) is -0.600. The van der Waals surface area contributed by atoms with Crippen LogP contribution in [0, 0.1) is 0 Å². The van der Waals surface area contributed by atoms with E-state index in [1.165, 1.54) is 4.90 Å². The Balaban J connectivity index is 2.04. The second-order valence-electron chi connectivity index (χ2n) is 3.27. The molecule has 0 saturated carbocycles. The molecule has 72 valence electrons. The molecule has 1 heterocycles. The summed E-state index contributed by atoms with van der Waals surface area (Å²) in [6, 6.07) is 9.56. The van der Waals surface area contributed by atoms with Crippen molar-refractivity contribution in [3.63, 3.8) is 0 Å². The smallest absolute Gasteiger partial charge is 0.249 e. The summed E-state index contributed by atoms with van der Waals surface area (Å²) < 4.78 is 12.7. The van der Waals surface area contributed by atoms with Crippen LogP contribution in [-0.2, 0) is 11.3 Å². The number of nitrogens with zero attached hydrogens (tertiary/aromatic N) is 1. The minimum absolute atomic E-state index is 0.105. The Morgan fingerprint density at radius 3 is 2.57 bits per heavy atom. The molecule has 0 unspecified atom stereocenters. The number of hydrogen-bond acceptors (Lipinski definition) is 1. The molecule has 1 aromatic carbocycles. The molecule has 1 amide bonds. The lowest BCUT2D eigenvalue weighted by Gasteiger charge is -2.14. The molecular weight excluding hydrogens is 181 g/mol. The number of benzene rings is 1. The van der Waals surface area contributed by atoms with Gasteiger partial charge < -0.3 is 4.90 Å². The van der Waals surface area contributed by atoms with Crippen LogP contribution >= 0.6 is 0 Å². The van der Waals surface area contributed by atoms with Crippen LogP contribution in [0.2, 0.25) is 0 Å².